The fraction of sp³-hybridized carbons (Fsp3) is 1.00. The minimum atomic E-state index is -4.17. The summed E-state index contributed by atoms with van der Waals surface area (Å²) in [4.78, 5) is 1.67. The summed E-state index contributed by atoms with van der Waals surface area (Å²) < 4.78 is 64.5. The highest BCUT2D eigenvalue weighted by Crippen LogP contribution is 2.59. The van der Waals surface area contributed by atoms with Gasteiger partial charge in [0.25, 0.3) is 5.92 Å². The van der Waals surface area contributed by atoms with Crippen molar-refractivity contribution in [3.8, 4) is 0 Å². The SMILES string of the molecule is CC1CCC(F)(F)C12CCN(CCC(F)(F)F)CC2. The third kappa shape index (κ3) is 2.88. The summed E-state index contributed by atoms with van der Waals surface area (Å²) in [6.07, 6.45) is -3.93. The van der Waals surface area contributed by atoms with E-state index in [0.717, 1.165) is 0 Å². The minimum absolute atomic E-state index is 0.0349. The lowest BCUT2D eigenvalue weighted by Gasteiger charge is -2.45. The second-order valence-electron chi connectivity index (χ2n) is 6.01. The monoisotopic (exact) mass is 285 g/mol. The highest BCUT2D eigenvalue weighted by molar-refractivity contribution is 5.04. The standard InChI is InChI=1S/C13H20F5N/c1-10-2-3-12(14,15)11(10)4-7-19(8-5-11)9-6-13(16,17)18/h10H,2-9H2,1H3. The van der Waals surface area contributed by atoms with Crippen LogP contribution in [0.25, 0.3) is 0 Å². The maximum absolute atomic E-state index is 14.0. The molecule has 6 heteroatoms. The van der Waals surface area contributed by atoms with E-state index in [2.05, 4.69) is 0 Å². The average molecular weight is 285 g/mol. The first-order chi connectivity index (χ1) is 8.66. The molecular weight excluding hydrogens is 265 g/mol. The molecule has 1 aliphatic heterocycles. The summed E-state index contributed by atoms with van der Waals surface area (Å²) in [7, 11) is 0. The molecular formula is C13H20F5N. The van der Waals surface area contributed by atoms with Crippen LogP contribution in [0.3, 0.4) is 0 Å². The van der Waals surface area contributed by atoms with Gasteiger partial charge in [0.05, 0.1) is 6.42 Å². The van der Waals surface area contributed by atoms with Crippen molar-refractivity contribution >= 4 is 0 Å². The lowest BCUT2D eigenvalue weighted by Crippen LogP contribution is -2.49. The van der Waals surface area contributed by atoms with Crippen LogP contribution in [0.5, 0.6) is 0 Å². The van der Waals surface area contributed by atoms with E-state index < -0.39 is 23.9 Å². The van der Waals surface area contributed by atoms with E-state index in [1.807, 2.05) is 6.92 Å². The Labute approximate surface area is 110 Å². The smallest absolute Gasteiger partial charge is 0.303 e. The van der Waals surface area contributed by atoms with Crippen molar-refractivity contribution in [2.45, 2.75) is 51.1 Å². The molecule has 0 aromatic rings. The molecule has 1 atom stereocenters. The number of hydrogen-bond donors (Lipinski definition) is 0. The van der Waals surface area contributed by atoms with Crippen molar-refractivity contribution in [1.82, 2.24) is 4.90 Å². The molecule has 1 heterocycles. The highest BCUT2D eigenvalue weighted by Gasteiger charge is 2.60. The van der Waals surface area contributed by atoms with Gasteiger partial charge in [0.2, 0.25) is 0 Å². The van der Waals surface area contributed by atoms with Crippen molar-refractivity contribution in [2.24, 2.45) is 11.3 Å². The molecule has 1 unspecified atom stereocenters. The van der Waals surface area contributed by atoms with Crippen LogP contribution >= 0.6 is 0 Å². The zero-order chi connectivity index (χ0) is 14.3. The Kier molecular flexibility index (Phi) is 3.84. The van der Waals surface area contributed by atoms with Gasteiger partial charge >= 0.3 is 6.18 Å². The van der Waals surface area contributed by atoms with Gasteiger partial charge in [0.15, 0.2) is 0 Å². The first kappa shape index (κ1) is 15.0. The molecule has 0 aromatic heterocycles. The summed E-state index contributed by atoms with van der Waals surface area (Å²) in [5, 5.41) is 0. The maximum atomic E-state index is 14.0. The summed E-state index contributed by atoms with van der Waals surface area (Å²) in [5.74, 6) is -2.69. The maximum Gasteiger partial charge on any atom is 0.390 e. The Balaban J connectivity index is 1.92. The van der Waals surface area contributed by atoms with Gasteiger partial charge in [-0.1, -0.05) is 6.92 Å². The Morgan fingerprint density at radius 3 is 2.11 bits per heavy atom. The van der Waals surface area contributed by atoms with E-state index in [-0.39, 0.29) is 18.9 Å². The molecule has 1 spiro atoms. The van der Waals surface area contributed by atoms with E-state index in [1.165, 1.54) is 0 Å². The molecule has 2 rings (SSSR count). The van der Waals surface area contributed by atoms with E-state index >= 15 is 0 Å². The lowest BCUT2D eigenvalue weighted by atomic mass is 9.69. The molecule has 0 amide bonds. The Bertz CT molecular complexity index is 317. The van der Waals surface area contributed by atoms with Crippen LogP contribution in [0.2, 0.25) is 0 Å². The van der Waals surface area contributed by atoms with Gasteiger partial charge in [0, 0.05) is 18.4 Å². The second-order valence-corrected chi connectivity index (χ2v) is 6.01. The third-order valence-electron chi connectivity index (χ3n) is 5.02. The minimum Gasteiger partial charge on any atom is -0.303 e. The zero-order valence-electron chi connectivity index (χ0n) is 11.1. The molecule has 2 aliphatic rings. The van der Waals surface area contributed by atoms with E-state index in [0.29, 0.717) is 32.4 Å². The molecule has 0 N–H and O–H groups in total. The predicted octanol–water partition coefficient (Wildman–Crippen LogP) is 4.09. The molecule has 0 radical (unpaired) electrons. The number of rotatable bonds is 2. The third-order valence-corrected chi connectivity index (χ3v) is 5.02. The fourth-order valence-corrected chi connectivity index (χ4v) is 3.60. The predicted molar refractivity (Wildman–Crippen MR) is 62.1 cm³/mol. The molecule has 1 saturated carbocycles. The number of likely N-dealkylation sites (tertiary alicyclic amines) is 1. The van der Waals surface area contributed by atoms with Gasteiger partial charge in [0.1, 0.15) is 0 Å². The zero-order valence-corrected chi connectivity index (χ0v) is 11.1. The van der Waals surface area contributed by atoms with Crippen LogP contribution in [0, 0.1) is 11.3 Å². The van der Waals surface area contributed by atoms with Crippen molar-refractivity contribution in [3.63, 3.8) is 0 Å². The van der Waals surface area contributed by atoms with Gasteiger partial charge in [-0.25, -0.2) is 8.78 Å². The summed E-state index contributed by atoms with van der Waals surface area (Å²) in [6, 6.07) is 0. The van der Waals surface area contributed by atoms with Gasteiger partial charge in [-0.2, -0.15) is 13.2 Å². The highest BCUT2D eigenvalue weighted by atomic mass is 19.4. The van der Waals surface area contributed by atoms with E-state index in [1.54, 1.807) is 4.90 Å². The van der Waals surface area contributed by atoms with Crippen molar-refractivity contribution in [2.75, 3.05) is 19.6 Å². The van der Waals surface area contributed by atoms with E-state index in [9.17, 15) is 22.0 Å². The van der Waals surface area contributed by atoms with Crippen molar-refractivity contribution in [1.29, 1.82) is 0 Å². The molecule has 0 bridgehead atoms. The summed E-state index contributed by atoms with van der Waals surface area (Å²) >= 11 is 0. The molecule has 112 valence electrons. The van der Waals surface area contributed by atoms with Gasteiger partial charge in [-0.15, -0.1) is 0 Å². The van der Waals surface area contributed by atoms with Crippen LogP contribution < -0.4 is 0 Å². The normalized spacial score (nSPS) is 30.9. The number of piperidine rings is 1. The number of nitrogens with zero attached hydrogens (tertiary/aromatic N) is 1. The van der Waals surface area contributed by atoms with Crippen LogP contribution in [0.4, 0.5) is 22.0 Å². The molecule has 19 heavy (non-hydrogen) atoms. The van der Waals surface area contributed by atoms with Gasteiger partial charge in [-0.3, -0.25) is 0 Å². The molecule has 1 nitrogen and oxygen atoms in total. The van der Waals surface area contributed by atoms with Crippen LogP contribution in [-0.2, 0) is 0 Å². The van der Waals surface area contributed by atoms with Crippen molar-refractivity contribution in [3.05, 3.63) is 0 Å². The van der Waals surface area contributed by atoms with Crippen LogP contribution in [-0.4, -0.2) is 36.6 Å². The Hall–Kier alpha value is -0.390. The van der Waals surface area contributed by atoms with Gasteiger partial charge in [-0.05, 0) is 38.3 Å². The molecule has 2 fully saturated rings. The average Bonchev–Trinajstić information content (AvgIpc) is 2.52. The molecule has 0 aromatic carbocycles. The van der Waals surface area contributed by atoms with Crippen molar-refractivity contribution < 1.29 is 22.0 Å². The molecule has 1 aliphatic carbocycles. The number of alkyl halides is 5. The number of halogens is 5. The Morgan fingerprint density at radius 2 is 1.68 bits per heavy atom. The van der Waals surface area contributed by atoms with Crippen LogP contribution in [0.1, 0.15) is 39.0 Å². The number of hydrogen-bond acceptors (Lipinski definition) is 1. The second kappa shape index (κ2) is 4.86. The topological polar surface area (TPSA) is 3.24 Å². The summed E-state index contributed by atoms with van der Waals surface area (Å²) in [6.45, 7) is 2.50. The largest absolute Gasteiger partial charge is 0.390 e. The van der Waals surface area contributed by atoms with Gasteiger partial charge < -0.3 is 4.90 Å². The van der Waals surface area contributed by atoms with E-state index in [4.69, 9.17) is 0 Å². The fourth-order valence-electron chi connectivity index (χ4n) is 3.60. The first-order valence-corrected chi connectivity index (χ1v) is 6.83. The van der Waals surface area contributed by atoms with Crippen LogP contribution in [0.15, 0.2) is 0 Å². The summed E-state index contributed by atoms with van der Waals surface area (Å²) in [5.41, 5.74) is -0.971. The first-order valence-electron chi connectivity index (χ1n) is 6.83. The molecule has 1 saturated heterocycles. The Morgan fingerprint density at radius 1 is 1.11 bits per heavy atom. The lowest BCUT2D eigenvalue weighted by molar-refractivity contribution is -0.151. The quantitative estimate of drug-likeness (QED) is 0.691.